The number of rotatable bonds is 15. The molecule has 3 amide bonds. The number of carbonyl (C=O) groups excluding carboxylic acids is 3. The molecule has 18 heteroatoms. The molecular weight excluding hydrogens is 492 g/mol. The summed E-state index contributed by atoms with van der Waals surface area (Å²) in [5, 5.41) is 62.9. The molecular formula is C18H30N6O12. The molecule has 1 heterocycles. The van der Waals surface area contributed by atoms with Crippen molar-refractivity contribution in [2.24, 2.45) is 0 Å². The Morgan fingerprint density at radius 3 is 0.972 bits per heavy atom. The van der Waals surface area contributed by atoms with Crippen LogP contribution in [0.2, 0.25) is 0 Å². The number of nitrogens with one attached hydrogen (secondary N) is 3. The summed E-state index contributed by atoms with van der Waals surface area (Å²) < 4.78 is 1.24. The van der Waals surface area contributed by atoms with Crippen LogP contribution >= 0.6 is 0 Å². The fourth-order valence-electron chi connectivity index (χ4n) is 2.84. The zero-order valence-corrected chi connectivity index (χ0v) is 19.1. The monoisotopic (exact) mass is 522 g/mol. The quantitative estimate of drug-likeness (QED) is 0.104. The van der Waals surface area contributed by atoms with Gasteiger partial charge in [-0.3, -0.25) is 14.4 Å². The average Bonchev–Trinajstić information content (AvgIpc) is 2.86. The highest BCUT2D eigenvalue weighted by Crippen LogP contribution is 1.90. The molecule has 3 unspecified atom stereocenters. The van der Waals surface area contributed by atoms with E-state index in [4.69, 9.17) is 15.3 Å². The molecule has 0 radical (unpaired) electrons. The van der Waals surface area contributed by atoms with Crippen molar-refractivity contribution in [3.63, 3.8) is 0 Å². The minimum Gasteiger partial charge on any atom is -0.389 e. The summed E-state index contributed by atoms with van der Waals surface area (Å²) in [6.07, 6.45) is -4.60. The van der Waals surface area contributed by atoms with Gasteiger partial charge in [-0.05, 0) is 0 Å². The normalized spacial score (nSPS) is 13.5. The summed E-state index contributed by atoms with van der Waals surface area (Å²) in [4.78, 5) is 72.0. The van der Waals surface area contributed by atoms with Crippen molar-refractivity contribution >= 4 is 17.7 Å². The molecule has 0 aliphatic heterocycles. The van der Waals surface area contributed by atoms with E-state index in [2.05, 4.69) is 16.0 Å². The maximum absolute atomic E-state index is 12.9. The predicted octanol–water partition coefficient (Wildman–Crippen LogP) is -8.42. The van der Waals surface area contributed by atoms with E-state index in [9.17, 15) is 44.1 Å². The van der Waals surface area contributed by atoms with Gasteiger partial charge < -0.3 is 46.6 Å². The minimum absolute atomic E-state index is 0.412. The summed E-state index contributed by atoms with van der Waals surface area (Å²) in [5.41, 5.74) is -3.78. The molecule has 0 aliphatic carbocycles. The molecule has 0 saturated carbocycles. The topological polar surface area (TPSA) is 275 Å². The highest BCUT2D eigenvalue weighted by Gasteiger charge is 2.22. The van der Waals surface area contributed by atoms with Crippen LogP contribution in [0.1, 0.15) is 0 Å². The van der Waals surface area contributed by atoms with E-state index in [-0.39, 0.29) is 0 Å². The number of nitrogens with zero attached hydrogens (tertiary/aromatic N) is 3. The van der Waals surface area contributed by atoms with Crippen LogP contribution in [0.3, 0.4) is 0 Å². The van der Waals surface area contributed by atoms with Crippen LogP contribution in [0.15, 0.2) is 14.4 Å². The Morgan fingerprint density at radius 1 is 0.556 bits per heavy atom. The highest BCUT2D eigenvalue weighted by atomic mass is 16.3. The molecule has 36 heavy (non-hydrogen) atoms. The molecule has 0 fully saturated rings. The van der Waals surface area contributed by atoms with Crippen LogP contribution < -0.4 is 33.0 Å². The van der Waals surface area contributed by atoms with Crippen molar-refractivity contribution in [1.29, 1.82) is 0 Å². The van der Waals surface area contributed by atoms with Crippen LogP contribution in [0.5, 0.6) is 0 Å². The first-order valence-electron chi connectivity index (χ1n) is 10.6. The molecule has 0 aromatic carbocycles. The van der Waals surface area contributed by atoms with Gasteiger partial charge in [0.2, 0.25) is 17.7 Å². The molecule has 9 N–H and O–H groups in total. The van der Waals surface area contributed by atoms with Crippen molar-refractivity contribution in [3.05, 3.63) is 31.5 Å². The van der Waals surface area contributed by atoms with E-state index in [1.165, 1.54) is 0 Å². The first-order valence-corrected chi connectivity index (χ1v) is 10.6. The van der Waals surface area contributed by atoms with E-state index in [1.807, 2.05) is 0 Å². The number of hydrogen-bond acceptors (Lipinski definition) is 12. The van der Waals surface area contributed by atoms with Crippen molar-refractivity contribution in [1.82, 2.24) is 29.7 Å². The number of aliphatic hydroxyl groups excluding tert-OH is 6. The lowest BCUT2D eigenvalue weighted by Crippen LogP contribution is -2.58. The van der Waals surface area contributed by atoms with Gasteiger partial charge in [0.1, 0.15) is 19.8 Å². The SMILES string of the molecule is O=C(CO)NCC(O)Cn1c(=O)n(CC(O)CNC(=O)CO)c(=O)n(CC(O)CNC(=O)CO)c1=O. The average molecular weight is 522 g/mol. The number of hydrogen-bond donors (Lipinski definition) is 9. The van der Waals surface area contributed by atoms with Crippen molar-refractivity contribution in [2.45, 2.75) is 37.9 Å². The summed E-state index contributed by atoms with van der Waals surface area (Å²) >= 11 is 0. The van der Waals surface area contributed by atoms with Gasteiger partial charge in [-0.1, -0.05) is 0 Å². The smallest absolute Gasteiger partial charge is 0.336 e. The number of carbonyl (C=O) groups is 3. The summed E-state index contributed by atoms with van der Waals surface area (Å²) in [6, 6.07) is 0. The number of aliphatic hydroxyl groups is 6. The molecule has 0 aliphatic rings. The number of amides is 3. The second-order valence-corrected chi connectivity index (χ2v) is 7.53. The van der Waals surface area contributed by atoms with Crippen LogP contribution in [-0.4, -0.2) is 120 Å². The Labute approximate surface area is 202 Å². The summed E-state index contributed by atoms with van der Waals surface area (Å²) in [6.45, 7) is -6.27. The molecule has 0 spiro atoms. The van der Waals surface area contributed by atoms with E-state index < -0.39 is 112 Å². The molecule has 1 rings (SSSR count). The molecule has 0 saturated heterocycles. The zero-order valence-electron chi connectivity index (χ0n) is 19.1. The van der Waals surface area contributed by atoms with Gasteiger partial charge in [-0.2, -0.15) is 0 Å². The van der Waals surface area contributed by atoms with Crippen LogP contribution in [0.25, 0.3) is 0 Å². The second-order valence-electron chi connectivity index (χ2n) is 7.53. The summed E-state index contributed by atoms with van der Waals surface area (Å²) in [5.74, 6) is -2.53. The lowest BCUT2D eigenvalue weighted by atomic mass is 10.3. The van der Waals surface area contributed by atoms with Gasteiger partial charge in [-0.25, -0.2) is 28.1 Å². The van der Waals surface area contributed by atoms with Gasteiger partial charge in [-0.15, -0.1) is 0 Å². The molecule has 1 aromatic heterocycles. The van der Waals surface area contributed by atoms with Crippen LogP contribution in [0, 0.1) is 0 Å². The fourth-order valence-corrected chi connectivity index (χ4v) is 2.84. The standard InChI is InChI=1S/C18H30N6O12/c25-7-13(31)19-1-10(28)4-22-16(34)23(5-11(29)2-20-14(32)8-26)18(36)24(17(22)35)6-12(30)3-21-15(33)9-27/h10-12,25-30H,1-9H2,(H,19,31)(H,20,32)(H,21,33). The lowest BCUT2D eigenvalue weighted by molar-refractivity contribution is -0.125. The van der Waals surface area contributed by atoms with E-state index >= 15 is 0 Å². The fraction of sp³-hybridized carbons (Fsp3) is 0.667. The first-order chi connectivity index (χ1) is 16.9. The Morgan fingerprint density at radius 2 is 0.778 bits per heavy atom. The maximum atomic E-state index is 12.9. The minimum atomic E-state index is -1.53. The third kappa shape index (κ3) is 9.32. The lowest BCUT2D eigenvalue weighted by Gasteiger charge is -2.19. The van der Waals surface area contributed by atoms with Crippen molar-refractivity contribution in [3.8, 4) is 0 Å². The molecule has 18 nitrogen and oxygen atoms in total. The van der Waals surface area contributed by atoms with E-state index in [1.54, 1.807) is 0 Å². The predicted molar refractivity (Wildman–Crippen MR) is 118 cm³/mol. The Balaban J connectivity index is 3.33. The Hall–Kier alpha value is -3.42. The van der Waals surface area contributed by atoms with Gasteiger partial charge in [0, 0.05) is 19.6 Å². The van der Waals surface area contributed by atoms with Gasteiger partial charge in [0.15, 0.2) is 0 Å². The summed E-state index contributed by atoms with van der Waals surface area (Å²) in [7, 11) is 0. The molecule has 1 aromatic rings. The zero-order chi connectivity index (χ0) is 27.4. The first kappa shape index (κ1) is 30.6. The Kier molecular flexibility index (Phi) is 12.6. The third-order valence-corrected chi connectivity index (χ3v) is 4.60. The highest BCUT2D eigenvalue weighted by molar-refractivity contribution is 5.77. The molecule has 204 valence electrons. The Bertz CT molecular complexity index is 916. The largest absolute Gasteiger partial charge is 0.389 e. The van der Waals surface area contributed by atoms with Crippen LogP contribution in [-0.2, 0) is 34.0 Å². The van der Waals surface area contributed by atoms with E-state index in [0.29, 0.717) is 13.7 Å². The van der Waals surface area contributed by atoms with Gasteiger partial charge in [0.05, 0.1) is 37.9 Å². The van der Waals surface area contributed by atoms with E-state index in [0.717, 1.165) is 0 Å². The molecule has 3 atom stereocenters. The number of aromatic nitrogens is 3. The van der Waals surface area contributed by atoms with Crippen molar-refractivity contribution in [2.75, 3.05) is 39.5 Å². The van der Waals surface area contributed by atoms with Crippen LogP contribution in [0.4, 0.5) is 0 Å². The van der Waals surface area contributed by atoms with Crippen molar-refractivity contribution < 1.29 is 45.0 Å². The van der Waals surface area contributed by atoms with Gasteiger partial charge in [0.25, 0.3) is 0 Å². The second kappa shape index (κ2) is 14.9. The maximum Gasteiger partial charge on any atom is 0.336 e. The molecule has 0 bridgehead atoms. The van der Waals surface area contributed by atoms with Gasteiger partial charge >= 0.3 is 17.1 Å². The third-order valence-electron chi connectivity index (χ3n) is 4.60.